The molecular weight excluding hydrogens is 278 g/mol. The summed E-state index contributed by atoms with van der Waals surface area (Å²) in [5.41, 5.74) is 1.23. The van der Waals surface area contributed by atoms with Gasteiger partial charge in [-0.15, -0.1) is 0 Å². The maximum Gasteiger partial charge on any atom is 0.160 e. The predicted octanol–water partition coefficient (Wildman–Crippen LogP) is 2.78. The van der Waals surface area contributed by atoms with E-state index in [0.29, 0.717) is 24.6 Å². The molecule has 1 aliphatic rings. The van der Waals surface area contributed by atoms with Gasteiger partial charge in [-0.25, -0.2) is 0 Å². The lowest BCUT2D eigenvalue weighted by Gasteiger charge is -2.33. The Morgan fingerprint density at radius 3 is 2.59 bits per heavy atom. The van der Waals surface area contributed by atoms with E-state index in [9.17, 15) is 5.11 Å². The van der Waals surface area contributed by atoms with Gasteiger partial charge in [0.25, 0.3) is 0 Å². The lowest BCUT2D eigenvalue weighted by atomic mass is 9.84. The summed E-state index contributed by atoms with van der Waals surface area (Å²) in [4.78, 5) is 0. The number of benzene rings is 1. The van der Waals surface area contributed by atoms with Gasteiger partial charge in [0.15, 0.2) is 11.5 Å². The van der Waals surface area contributed by atoms with Crippen LogP contribution in [0, 0.1) is 5.92 Å². The van der Waals surface area contributed by atoms with E-state index in [1.807, 2.05) is 12.1 Å². The van der Waals surface area contributed by atoms with Crippen LogP contribution >= 0.6 is 0 Å². The maximum atomic E-state index is 9.52. The molecule has 4 nitrogen and oxygen atoms in total. The van der Waals surface area contributed by atoms with E-state index in [4.69, 9.17) is 9.47 Å². The van der Waals surface area contributed by atoms with E-state index in [1.54, 1.807) is 14.2 Å². The number of rotatable bonds is 7. The lowest BCUT2D eigenvalue weighted by molar-refractivity contribution is 0.147. The summed E-state index contributed by atoms with van der Waals surface area (Å²) in [7, 11) is 3.32. The Kier molecular flexibility index (Phi) is 6.52. The van der Waals surface area contributed by atoms with Crippen LogP contribution in [0.25, 0.3) is 0 Å². The topological polar surface area (TPSA) is 50.7 Å². The number of ether oxygens (including phenoxy) is 2. The van der Waals surface area contributed by atoms with E-state index in [1.165, 1.54) is 24.8 Å². The number of hydrogen-bond donors (Lipinski definition) is 2. The first-order valence-corrected chi connectivity index (χ1v) is 8.25. The number of methoxy groups -OCH3 is 2. The molecule has 1 aliphatic carbocycles. The highest BCUT2D eigenvalue weighted by Crippen LogP contribution is 2.28. The molecule has 4 heteroatoms. The van der Waals surface area contributed by atoms with Crippen LogP contribution in [0.4, 0.5) is 0 Å². The third-order valence-corrected chi connectivity index (χ3v) is 4.63. The molecule has 0 radical (unpaired) electrons. The van der Waals surface area contributed by atoms with Crippen LogP contribution in [-0.4, -0.2) is 38.0 Å². The highest BCUT2D eigenvalue weighted by atomic mass is 16.5. The average molecular weight is 307 g/mol. The second-order valence-corrected chi connectivity index (χ2v) is 6.29. The van der Waals surface area contributed by atoms with E-state index in [2.05, 4.69) is 18.3 Å². The molecule has 0 saturated heterocycles. The first-order valence-electron chi connectivity index (χ1n) is 8.25. The van der Waals surface area contributed by atoms with Crippen molar-refractivity contribution in [3.63, 3.8) is 0 Å². The van der Waals surface area contributed by atoms with E-state index in [0.717, 1.165) is 24.3 Å². The van der Waals surface area contributed by atoms with Crippen molar-refractivity contribution in [1.82, 2.24) is 5.32 Å². The number of hydrogen-bond acceptors (Lipinski definition) is 4. The molecule has 0 aliphatic heterocycles. The lowest BCUT2D eigenvalue weighted by Crippen LogP contribution is -2.45. The molecule has 1 aromatic carbocycles. The minimum Gasteiger partial charge on any atom is -0.493 e. The van der Waals surface area contributed by atoms with Gasteiger partial charge in [-0.1, -0.05) is 18.9 Å². The molecular formula is C18H29NO3. The summed E-state index contributed by atoms with van der Waals surface area (Å²) in [6, 6.07) is 6.90. The van der Waals surface area contributed by atoms with Crippen LogP contribution in [-0.2, 0) is 6.42 Å². The molecule has 124 valence electrons. The number of aliphatic hydroxyl groups excluding tert-OH is 1. The van der Waals surface area contributed by atoms with Gasteiger partial charge in [0.05, 0.1) is 14.2 Å². The van der Waals surface area contributed by atoms with Crippen LogP contribution < -0.4 is 14.8 Å². The highest BCUT2D eigenvalue weighted by Gasteiger charge is 2.25. The third kappa shape index (κ3) is 4.37. The zero-order valence-electron chi connectivity index (χ0n) is 14.0. The van der Waals surface area contributed by atoms with E-state index < -0.39 is 0 Å². The molecule has 3 atom stereocenters. The van der Waals surface area contributed by atoms with Crippen LogP contribution in [0.5, 0.6) is 11.5 Å². The minimum atomic E-state index is 0.292. The summed E-state index contributed by atoms with van der Waals surface area (Å²) in [5.74, 6) is 1.94. The Morgan fingerprint density at radius 2 is 1.91 bits per heavy atom. The molecule has 0 bridgehead atoms. The SMILES string of the molecule is COc1ccc(CC(C)NC2CCCCC2CO)cc1OC. The van der Waals surface area contributed by atoms with Crippen LogP contribution in [0.1, 0.15) is 38.2 Å². The predicted molar refractivity (Wildman–Crippen MR) is 88.7 cm³/mol. The molecule has 0 spiro atoms. The Hall–Kier alpha value is -1.26. The largest absolute Gasteiger partial charge is 0.493 e. The van der Waals surface area contributed by atoms with Crippen molar-refractivity contribution in [2.24, 2.45) is 5.92 Å². The fourth-order valence-electron chi connectivity index (χ4n) is 3.43. The van der Waals surface area contributed by atoms with Gasteiger partial charge >= 0.3 is 0 Å². The Bertz CT molecular complexity index is 464. The third-order valence-electron chi connectivity index (χ3n) is 4.63. The molecule has 1 aromatic rings. The molecule has 0 amide bonds. The van der Waals surface area contributed by atoms with Gasteiger partial charge in [0.1, 0.15) is 0 Å². The zero-order valence-corrected chi connectivity index (χ0v) is 14.0. The molecule has 0 aromatic heterocycles. The number of aliphatic hydroxyl groups is 1. The fraction of sp³-hybridized carbons (Fsp3) is 0.667. The van der Waals surface area contributed by atoms with Crippen LogP contribution in [0.3, 0.4) is 0 Å². The standard InChI is InChI=1S/C18H29NO3/c1-13(19-16-7-5-4-6-15(16)12-20)10-14-8-9-17(21-2)18(11-14)22-3/h8-9,11,13,15-16,19-20H,4-7,10,12H2,1-3H3. The molecule has 0 heterocycles. The molecule has 3 unspecified atom stereocenters. The summed E-state index contributed by atoms with van der Waals surface area (Å²) >= 11 is 0. The summed E-state index contributed by atoms with van der Waals surface area (Å²) in [5, 5.41) is 13.2. The second kappa shape index (κ2) is 8.39. The Morgan fingerprint density at radius 1 is 1.18 bits per heavy atom. The molecule has 2 rings (SSSR count). The van der Waals surface area contributed by atoms with Gasteiger partial charge in [-0.3, -0.25) is 0 Å². The molecule has 1 fully saturated rings. The Labute approximate surface area is 133 Å². The molecule has 1 saturated carbocycles. The van der Waals surface area contributed by atoms with Crippen molar-refractivity contribution >= 4 is 0 Å². The number of nitrogens with one attached hydrogen (secondary N) is 1. The van der Waals surface area contributed by atoms with Gasteiger partial charge in [0, 0.05) is 18.7 Å². The van der Waals surface area contributed by atoms with Crippen molar-refractivity contribution in [2.45, 2.75) is 51.1 Å². The maximum absolute atomic E-state index is 9.52. The minimum absolute atomic E-state index is 0.292. The highest BCUT2D eigenvalue weighted by molar-refractivity contribution is 5.43. The summed E-state index contributed by atoms with van der Waals surface area (Å²) in [6.07, 6.45) is 5.75. The molecule has 22 heavy (non-hydrogen) atoms. The summed E-state index contributed by atoms with van der Waals surface area (Å²) < 4.78 is 10.6. The average Bonchev–Trinajstić information content (AvgIpc) is 2.55. The second-order valence-electron chi connectivity index (χ2n) is 6.29. The smallest absolute Gasteiger partial charge is 0.160 e. The summed E-state index contributed by atoms with van der Waals surface area (Å²) in [6.45, 7) is 2.50. The quantitative estimate of drug-likeness (QED) is 0.813. The van der Waals surface area contributed by atoms with Crippen molar-refractivity contribution in [3.05, 3.63) is 23.8 Å². The van der Waals surface area contributed by atoms with Crippen molar-refractivity contribution in [3.8, 4) is 11.5 Å². The van der Waals surface area contributed by atoms with Crippen molar-refractivity contribution in [2.75, 3.05) is 20.8 Å². The monoisotopic (exact) mass is 307 g/mol. The van der Waals surface area contributed by atoms with Crippen LogP contribution in [0.15, 0.2) is 18.2 Å². The van der Waals surface area contributed by atoms with Gasteiger partial charge in [-0.2, -0.15) is 0 Å². The van der Waals surface area contributed by atoms with Crippen molar-refractivity contribution in [1.29, 1.82) is 0 Å². The van der Waals surface area contributed by atoms with E-state index >= 15 is 0 Å². The fourth-order valence-corrected chi connectivity index (χ4v) is 3.43. The van der Waals surface area contributed by atoms with Gasteiger partial charge < -0.3 is 19.9 Å². The Balaban J connectivity index is 1.95. The molecule has 2 N–H and O–H groups in total. The van der Waals surface area contributed by atoms with E-state index in [-0.39, 0.29) is 0 Å². The first-order chi connectivity index (χ1) is 10.7. The van der Waals surface area contributed by atoms with Gasteiger partial charge in [0.2, 0.25) is 0 Å². The first kappa shape index (κ1) is 17.1. The zero-order chi connectivity index (χ0) is 15.9. The van der Waals surface area contributed by atoms with Crippen molar-refractivity contribution < 1.29 is 14.6 Å². The van der Waals surface area contributed by atoms with Crippen LogP contribution in [0.2, 0.25) is 0 Å². The normalized spacial score (nSPS) is 23.1. The van der Waals surface area contributed by atoms with Gasteiger partial charge in [-0.05, 0) is 49.8 Å².